The molecule has 8 heteroatoms. The minimum atomic E-state index is -0.688. The lowest BCUT2D eigenvalue weighted by Crippen LogP contribution is -2.04. The van der Waals surface area contributed by atoms with E-state index in [2.05, 4.69) is 15.2 Å². The maximum Gasteiger partial charge on any atom is 0.396 e. The Labute approximate surface area is 149 Å². The van der Waals surface area contributed by atoms with E-state index >= 15 is 0 Å². The summed E-state index contributed by atoms with van der Waals surface area (Å²) in [6.45, 7) is 5.88. The summed E-state index contributed by atoms with van der Waals surface area (Å²) in [5.41, 5.74) is 0.828. The SMILES string of the molecule is CC.CCOC(=O)c1nnc(Cc2cc(F)c3ncc(Cl)cc3c2)o1. The third-order valence-corrected chi connectivity index (χ3v) is 3.24. The van der Waals surface area contributed by atoms with E-state index in [-0.39, 0.29) is 30.3 Å². The number of pyridine rings is 1. The van der Waals surface area contributed by atoms with Crippen LogP contribution in [-0.2, 0) is 11.2 Å². The summed E-state index contributed by atoms with van der Waals surface area (Å²) in [6, 6.07) is 4.68. The van der Waals surface area contributed by atoms with Gasteiger partial charge in [0.2, 0.25) is 5.89 Å². The molecule has 132 valence electrons. The van der Waals surface area contributed by atoms with Crippen molar-refractivity contribution in [3.63, 3.8) is 0 Å². The van der Waals surface area contributed by atoms with Crippen molar-refractivity contribution in [2.24, 2.45) is 0 Å². The molecule has 25 heavy (non-hydrogen) atoms. The molecule has 2 aromatic heterocycles. The summed E-state index contributed by atoms with van der Waals surface area (Å²) in [6.07, 6.45) is 1.56. The summed E-state index contributed by atoms with van der Waals surface area (Å²) in [7, 11) is 0. The van der Waals surface area contributed by atoms with Crippen LogP contribution in [0.4, 0.5) is 4.39 Å². The molecule has 0 aliphatic rings. The molecule has 0 bridgehead atoms. The fourth-order valence-corrected chi connectivity index (χ4v) is 2.28. The first-order chi connectivity index (χ1) is 12.1. The van der Waals surface area contributed by atoms with Crippen LogP contribution in [0.25, 0.3) is 10.9 Å². The monoisotopic (exact) mass is 365 g/mol. The third kappa shape index (κ3) is 4.51. The quantitative estimate of drug-likeness (QED) is 0.644. The van der Waals surface area contributed by atoms with Gasteiger partial charge < -0.3 is 9.15 Å². The van der Waals surface area contributed by atoms with Crippen molar-refractivity contribution in [2.75, 3.05) is 6.61 Å². The molecular weight excluding hydrogens is 349 g/mol. The number of carbonyl (C=O) groups excluding carboxylic acids is 1. The Bertz CT molecular complexity index is 883. The summed E-state index contributed by atoms with van der Waals surface area (Å²) in [4.78, 5) is 15.4. The molecule has 0 aliphatic heterocycles. The van der Waals surface area contributed by atoms with Crippen molar-refractivity contribution in [1.82, 2.24) is 15.2 Å². The number of hydrogen-bond donors (Lipinski definition) is 0. The van der Waals surface area contributed by atoms with E-state index < -0.39 is 11.8 Å². The minimum Gasteiger partial charge on any atom is -0.459 e. The van der Waals surface area contributed by atoms with Gasteiger partial charge in [-0.15, -0.1) is 10.2 Å². The van der Waals surface area contributed by atoms with E-state index in [0.29, 0.717) is 16.0 Å². The van der Waals surface area contributed by atoms with E-state index in [9.17, 15) is 9.18 Å². The summed E-state index contributed by atoms with van der Waals surface area (Å²) >= 11 is 5.87. The number of rotatable bonds is 4. The van der Waals surface area contributed by atoms with Gasteiger partial charge in [-0.05, 0) is 30.7 Å². The smallest absolute Gasteiger partial charge is 0.396 e. The van der Waals surface area contributed by atoms with Crippen LogP contribution in [0, 0.1) is 5.82 Å². The average Bonchev–Trinajstić information content (AvgIpc) is 3.05. The predicted molar refractivity (Wildman–Crippen MR) is 91.1 cm³/mol. The van der Waals surface area contributed by atoms with Gasteiger partial charge in [0.1, 0.15) is 11.3 Å². The number of halogens is 2. The van der Waals surface area contributed by atoms with Gasteiger partial charge in [0.15, 0.2) is 0 Å². The second-order valence-electron chi connectivity index (χ2n) is 4.70. The number of hydrogen-bond acceptors (Lipinski definition) is 6. The molecule has 0 amide bonds. The molecule has 0 radical (unpaired) electrons. The Morgan fingerprint density at radius 2 is 2.04 bits per heavy atom. The number of carbonyl (C=O) groups is 1. The zero-order chi connectivity index (χ0) is 18.4. The normalized spacial score (nSPS) is 10.3. The third-order valence-electron chi connectivity index (χ3n) is 3.04. The van der Waals surface area contributed by atoms with Crippen LogP contribution in [0.1, 0.15) is 42.9 Å². The molecule has 0 saturated carbocycles. The Morgan fingerprint density at radius 1 is 1.28 bits per heavy atom. The van der Waals surface area contributed by atoms with E-state index in [0.717, 1.165) is 0 Å². The standard InChI is InChI=1S/C15H11ClFN3O3.C2H6/c1-2-22-15(21)14-20-19-12(23-14)5-8-3-9-6-10(16)7-18-13(9)11(17)4-8;1-2/h3-4,6-7H,2,5H2,1H3;1-2H3. The highest BCUT2D eigenvalue weighted by atomic mass is 35.5. The van der Waals surface area contributed by atoms with E-state index in [1.165, 1.54) is 12.3 Å². The highest BCUT2D eigenvalue weighted by molar-refractivity contribution is 6.31. The van der Waals surface area contributed by atoms with Crippen LogP contribution >= 0.6 is 11.6 Å². The zero-order valence-corrected chi connectivity index (χ0v) is 14.8. The van der Waals surface area contributed by atoms with Crippen molar-refractivity contribution in [3.05, 3.63) is 52.6 Å². The van der Waals surface area contributed by atoms with Crippen molar-refractivity contribution in [2.45, 2.75) is 27.2 Å². The first kappa shape index (κ1) is 18.8. The first-order valence-electron chi connectivity index (χ1n) is 7.80. The Morgan fingerprint density at radius 3 is 2.76 bits per heavy atom. The molecule has 0 atom stereocenters. The topological polar surface area (TPSA) is 78.1 Å². The highest BCUT2D eigenvalue weighted by Crippen LogP contribution is 2.22. The van der Waals surface area contributed by atoms with Gasteiger partial charge in [0.25, 0.3) is 0 Å². The van der Waals surface area contributed by atoms with Crippen LogP contribution < -0.4 is 0 Å². The highest BCUT2D eigenvalue weighted by Gasteiger charge is 2.16. The predicted octanol–water partition coefficient (Wildman–Crippen LogP) is 4.20. The molecule has 0 N–H and O–H groups in total. The molecule has 6 nitrogen and oxygen atoms in total. The van der Waals surface area contributed by atoms with E-state index in [1.807, 2.05) is 13.8 Å². The molecule has 0 aliphatic carbocycles. The van der Waals surface area contributed by atoms with Gasteiger partial charge in [-0.2, -0.15) is 0 Å². The van der Waals surface area contributed by atoms with Gasteiger partial charge in [0.05, 0.1) is 18.1 Å². The second-order valence-corrected chi connectivity index (χ2v) is 5.14. The fraction of sp³-hybridized carbons (Fsp3) is 0.294. The molecular formula is C17H17ClFN3O3. The van der Waals surface area contributed by atoms with Gasteiger partial charge in [-0.1, -0.05) is 25.4 Å². The largest absolute Gasteiger partial charge is 0.459 e. The molecule has 0 spiro atoms. The fourth-order valence-electron chi connectivity index (χ4n) is 2.11. The van der Waals surface area contributed by atoms with E-state index in [1.54, 1.807) is 19.1 Å². The number of nitrogens with zero attached hydrogens (tertiary/aromatic N) is 3. The lowest BCUT2D eigenvalue weighted by atomic mass is 10.1. The van der Waals surface area contributed by atoms with Crippen LogP contribution in [0.5, 0.6) is 0 Å². The van der Waals surface area contributed by atoms with Crippen molar-refractivity contribution >= 4 is 28.5 Å². The Balaban J connectivity index is 0.00000109. The lowest BCUT2D eigenvalue weighted by Gasteiger charge is -2.03. The molecule has 2 heterocycles. The number of ether oxygens (including phenoxy) is 1. The summed E-state index contributed by atoms with van der Waals surface area (Å²) < 4.78 is 24.0. The molecule has 1 aromatic carbocycles. The first-order valence-corrected chi connectivity index (χ1v) is 8.18. The number of fused-ring (bicyclic) bond motifs is 1. The van der Waals surface area contributed by atoms with E-state index in [4.69, 9.17) is 20.8 Å². The van der Waals surface area contributed by atoms with Crippen molar-refractivity contribution in [3.8, 4) is 0 Å². The summed E-state index contributed by atoms with van der Waals surface area (Å²) in [5.74, 6) is -1.21. The lowest BCUT2D eigenvalue weighted by molar-refractivity contribution is 0.0479. The van der Waals surface area contributed by atoms with Crippen LogP contribution in [0.3, 0.4) is 0 Å². The van der Waals surface area contributed by atoms with Crippen LogP contribution in [0.15, 0.2) is 28.8 Å². The minimum absolute atomic E-state index is 0.172. The van der Waals surface area contributed by atoms with Crippen LogP contribution in [0.2, 0.25) is 5.02 Å². The number of aromatic nitrogens is 3. The van der Waals surface area contributed by atoms with Crippen molar-refractivity contribution < 1.29 is 18.3 Å². The average molecular weight is 366 g/mol. The summed E-state index contributed by atoms with van der Waals surface area (Å²) in [5, 5.41) is 8.35. The van der Waals surface area contributed by atoms with Crippen LogP contribution in [-0.4, -0.2) is 27.8 Å². The molecule has 3 rings (SSSR count). The molecule has 0 fully saturated rings. The van der Waals surface area contributed by atoms with Crippen molar-refractivity contribution in [1.29, 1.82) is 0 Å². The van der Waals surface area contributed by atoms with Gasteiger partial charge >= 0.3 is 11.9 Å². The molecule has 0 saturated heterocycles. The second kappa shape index (κ2) is 8.53. The molecule has 3 aromatic rings. The maximum atomic E-state index is 14.1. The number of benzene rings is 1. The van der Waals surface area contributed by atoms with Gasteiger partial charge in [0, 0.05) is 11.6 Å². The zero-order valence-electron chi connectivity index (χ0n) is 14.0. The number of esters is 1. The molecule has 0 unspecified atom stereocenters. The van der Waals surface area contributed by atoms with Gasteiger partial charge in [-0.3, -0.25) is 4.98 Å². The van der Waals surface area contributed by atoms with Gasteiger partial charge in [-0.25, -0.2) is 9.18 Å². The Hall–Kier alpha value is -2.54. The Kier molecular flexibility index (Phi) is 6.41. The maximum absolute atomic E-state index is 14.1.